The third-order valence-corrected chi connectivity index (χ3v) is 4.91. The molecule has 0 spiro atoms. The summed E-state index contributed by atoms with van der Waals surface area (Å²) in [7, 11) is 0. The maximum atomic E-state index is 13.1. The highest BCUT2D eigenvalue weighted by atomic mass is 127. The van der Waals surface area contributed by atoms with Crippen LogP contribution in [-0.2, 0) is 0 Å². The van der Waals surface area contributed by atoms with Crippen LogP contribution in [0.5, 0.6) is 11.5 Å². The Kier molecular flexibility index (Phi) is 4.28. The first-order valence-electron chi connectivity index (χ1n) is 7.87. The lowest BCUT2D eigenvalue weighted by Crippen LogP contribution is -2.22. The first-order valence-corrected chi connectivity index (χ1v) is 8.95. The van der Waals surface area contributed by atoms with Crippen molar-refractivity contribution >= 4 is 33.5 Å². The van der Waals surface area contributed by atoms with E-state index in [1.54, 1.807) is 4.57 Å². The van der Waals surface area contributed by atoms with E-state index in [1.165, 1.54) is 0 Å². The molecule has 3 nitrogen and oxygen atoms in total. The van der Waals surface area contributed by atoms with E-state index in [9.17, 15) is 4.79 Å². The van der Waals surface area contributed by atoms with Crippen molar-refractivity contribution in [3.8, 4) is 17.2 Å². The third kappa shape index (κ3) is 2.93. The molecule has 0 aliphatic carbocycles. The summed E-state index contributed by atoms with van der Waals surface area (Å²) in [5.74, 6) is 1.31. The predicted molar refractivity (Wildman–Crippen MR) is 109 cm³/mol. The number of hydrogen-bond donors (Lipinski definition) is 0. The Balaban J connectivity index is 2.01. The topological polar surface area (TPSA) is 31.2 Å². The molecular weight excluding hydrogens is 425 g/mol. The molecule has 25 heavy (non-hydrogen) atoms. The van der Waals surface area contributed by atoms with Crippen molar-refractivity contribution in [3.05, 3.63) is 98.9 Å². The van der Waals surface area contributed by atoms with Crippen molar-refractivity contribution in [1.29, 1.82) is 0 Å². The quantitative estimate of drug-likeness (QED) is 0.401. The van der Waals surface area contributed by atoms with E-state index in [4.69, 9.17) is 4.74 Å². The van der Waals surface area contributed by atoms with E-state index in [-0.39, 0.29) is 5.56 Å². The van der Waals surface area contributed by atoms with Gasteiger partial charge in [0.1, 0.15) is 9.32 Å². The normalized spacial score (nSPS) is 10.8. The average Bonchev–Trinajstić information content (AvgIpc) is 2.67. The van der Waals surface area contributed by atoms with Crippen molar-refractivity contribution in [2.75, 3.05) is 0 Å². The Hall–Kier alpha value is -2.60. The number of fused-ring (bicyclic) bond motifs is 1. The average molecular weight is 439 g/mol. The van der Waals surface area contributed by atoms with Gasteiger partial charge in [-0.1, -0.05) is 48.5 Å². The molecule has 0 saturated heterocycles. The Labute approximate surface area is 158 Å². The lowest BCUT2D eigenvalue weighted by atomic mass is 10.1. The molecule has 0 N–H and O–H groups in total. The highest BCUT2D eigenvalue weighted by Crippen LogP contribution is 2.33. The lowest BCUT2D eigenvalue weighted by molar-refractivity contribution is 0.483. The second-order valence-electron chi connectivity index (χ2n) is 5.55. The van der Waals surface area contributed by atoms with E-state index in [0.717, 1.165) is 16.6 Å². The fourth-order valence-electron chi connectivity index (χ4n) is 2.82. The van der Waals surface area contributed by atoms with Gasteiger partial charge in [-0.15, -0.1) is 0 Å². The highest BCUT2D eigenvalue weighted by Gasteiger charge is 2.17. The highest BCUT2D eigenvalue weighted by molar-refractivity contribution is 14.1. The van der Waals surface area contributed by atoms with Gasteiger partial charge in [-0.25, -0.2) is 0 Å². The molecule has 122 valence electrons. The van der Waals surface area contributed by atoms with Crippen molar-refractivity contribution in [1.82, 2.24) is 4.57 Å². The van der Waals surface area contributed by atoms with Gasteiger partial charge in [0.15, 0.2) is 5.75 Å². The number of halogens is 1. The first-order chi connectivity index (χ1) is 12.3. The van der Waals surface area contributed by atoms with Gasteiger partial charge in [0.25, 0.3) is 5.56 Å². The van der Waals surface area contributed by atoms with Gasteiger partial charge in [-0.2, -0.15) is 0 Å². The molecule has 4 aromatic rings. The second kappa shape index (κ2) is 6.72. The summed E-state index contributed by atoms with van der Waals surface area (Å²) in [6.07, 6.45) is 0. The number of nitrogens with zero attached hydrogens (tertiary/aromatic N) is 1. The third-order valence-electron chi connectivity index (χ3n) is 3.96. The summed E-state index contributed by atoms with van der Waals surface area (Å²) < 4.78 is 8.36. The molecule has 0 aliphatic heterocycles. The van der Waals surface area contributed by atoms with E-state index in [1.807, 2.05) is 84.9 Å². The van der Waals surface area contributed by atoms with Crippen LogP contribution < -0.4 is 10.3 Å². The number of pyridine rings is 1. The van der Waals surface area contributed by atoms with Crippen molar-refractivity contribution in [2.45, 2.75) is 0 Å². The van der Waals surface area contributed by atoms with Crippen molar-refractivity contribution in [3.63, 3.8) is 0 Å². The van der Waals surface area contributed by atoms with Gasteiger partial charge in [0, 0.05) is 11.1 Å². The zero-order valence-corrected chi connectivity index (χ0v) is 15.4. The summed E-state index contributed by atoms with van der Waals surface area (Å²) in [6, 6.07) is 27.0. The maximum absolute atomic E-state index is 13.1. The standard InChI is InChI=1S/C21H14INO2/c22-19-20(25-16-11-5-2-6-12-16)17-13-7-8-14-18(17)23(21(19)24)15-9-3-1-4-10-15/h1-14H. The number of hydrogen-bond acceptors (Lipinski definition) is 2. The van der Waals surface area contributed by atoms with Gasteiger partial charge >= 0.3 is 0 Å². The summed E-state index contributed by atoms with van der Waals surface area (Å²) in [5.41, 5.74) is 1.58. The number of rotatable bonds is 3. The molecule has 0 amide bonds. The van der Waals surface area contributed by atoms with E-state index in [2.05, 4.69) is 22.6 Å². The Morgan fingerprint density at radius 3 is 2.08 bits per heavy atom. The second-order valence-corrected chi connectivity index (χ2v) is 6.63. The van der Waals surface area contributed by atoms with Crippen LogP contribution in [0.2, 0.25) is 0 Å². The number of benzene rings is 3. The minimum Gasteiger partial charge on any atom is -0.455 e. The summed E-state index contributed by atoms with van der Waals surface area (Å²) in [6.45, 7) is 0. The molecule has 1 heterocycles. The molecule has 0 fully saturated rings. The Morgan fingerprint density at radius 1 is 0.760 bits per heavy atom. The van der Waals surface area contributed by atoms with Gasteiger partial charge in [0.2, 0.25) is 0 Å². The van der Waals surface area contributed by atoms with Crippen LogP contribution in [0.25, 0.3) is 16.6 Å². The summed E-state index contributed by atoms with van der Waals surface area (Å²) in [5, 5.41) is 0.902. The fraction of sp³-hybridized carbons (Fsp3) is 0. The smallest absolute Gasteiger partial charge is 0.272 e. The zero-order valence-electron chi connectivity index (χ0n) is 13.2. The van der Waals surface area contributed by atoms with Crippen LogP contribution in [-0.4, -0.2) is 4.57 Å². The van der Waals surface area contributed by atoms with E-state index < -0.39 is 0 Å². The fourth-order valence-corrected chi connectivity index (χ4v) is 3.46. The molecule has 0 radical (unpaired) electrons. The molecule has 0 saturated carbocycles. The minimum absolute atomic E-state index is 0.0866. The van der Waals surface area contributed by atoms with Crippen LogP contribution in [0, 0.1) is 3.57 Å². The largest absolute Gasteiger partial charge is 0.455 e. The van der Waals surface area contributed by atoms with E-state index in [0.29, 0.717) is 15.1 Å². The van der Waals surface area contributed by atoms with Gasteiger partial charge in [0.05, 0.1) is 5.52 Å². The number of aromatic nitrogens is 1. The van der Waals surface area contributed by atoms with Crippen molar-refractivity contribution in [2.24, 2.45) is 0 Å². The molecule has 4 rings (SSSR count). The Bertz CT molecular complexity index is 1090. The minimum atomic E-state index is -0.0866. The summed E-state index contributed by atoms with van der Waals surface area (Å²) in [4.78, 5) is 13.1. The van der Waals surface area contributed by atoms with Crippen LogP contribution >= 0.6 is 22.6 Å². The molecule has 0 unspecified atom stereocenters. The maximum Gasteiger partial charge on any atom is 0.272 e. The number of para-hydroxylation sites is 3. The van der Waals surface area contributed by atoms with Gasteiger partial charge in [-0.05, 0) is 59.0 Å². The molecule has 3 aromatic carbocycles. The molecule has 0 aliphatic rings. The van der Waals surface area contributed by atoms with Gasteiger partial charge in [-0.3, -0.25) is 9.36 Å². The summed E-state index contributed by atoms with van der Waals surface area (Å²) >= 11 is 2.07. The molecule has 0 atom stereocenters. The zero-order chi connectivity index (χ0) is 17.2. The van der Waals surface area contributed by atoms with Crippen LogP contribution in [0.15, 0.2) is 89.7 Å². The first kappa shape index (κ1) is 15.9. The number of ether oxygens (including phenoxy) is 1. The van der Waals surface area contributed by atoms with Gasteiger partial charge < -0.3 is 4.74 Å². The molecular formula is C21H14INO2. The monoisotopic (exact) mass is 439 g/mol. The molecule has 0 bridgehead atoms. The van der Waals surface area contributed by atoms with Crippen LogP contribution in [0.1, 0.15) is 0 Å². The lowest BCUT2D eigenvalue weighted by Gasteiger charge is -2.16. The van der Waals surface area contributed by atoms with E-state index >= 15 is 0 Å². The van der Waals surface area contributed by atoms with Crippen molar-refractivity contribution < 1.29 is 4.74 Å². The Morgan fingerprint density at radius 2 is 1.36 bits per heavy atom. The predicted octanol–water partition coefficient (Wildman–Crippen LogP) is 5.39. The van der Waals surface area contributed by atoms with Crippen LogP contribution in [0.4, 0.5) is 0 Å². The molecule has 1 aromatic heterocycles. The molecule has 4 heteroatoms. The SMILES string of the molecule is O=c1c(I)c(Oc2ccccc2)c2ccccc2n1-c1ccccc1. The van der Waals surface area contributed by atoms with Crippen LogP contribution in [0.3, 0.4) is 0 Å².